The Morgan fingerprint density at radius 3 is 2.67 bits per heavy atom. The van der Waals surface area contributed by atoms with Crippen LogP contribution in [0.4, 0.5) is 5.69 Å². The number of nitrogens with zero attached hydrogens (tertiary/aromatic N) is 4. The lowest BCUT2D eigenvalue weighted by Crippen LogP contribution is -2.09. The number of para-hydroxylation sites is 1. The monoisotopic (exact) mass is 529 g/mol. The van der Waals surface area contributed by atoms with Gasteiger partial charge in [-0.25, -0.2) is 4.98 Å². The Balaban J connectivity index is 1.25. The molecule has 0 amide bonds. The standard InChI is InChI=1S/C30H23N7OS/c1-17-10-11-26(39-17)21-8-5-9-23-27(21)35-29(34-23)28-22-13-24(32-16-25(22)36-37-28)19-12-20(15-31-14-19)33-30(38)18-6-3-2-4-7-18/h2-16,30,33,38H,1H3,(H,34,35)(H,36,37). The van der Waals surface area contributed by atoms with Crippen molar-refractivity contribution in [2.75, 3.05) is 5.32 Å². The Morgan fingerprint density at radius 2 is 1.82 bits per heavy atom. The van der Waals surface area contributed by atoms with E-state index in [4.69, 9.17) is 4.98 Å². The third-order valence-electron chi connectivity index (χ3n) is 6.64. The SMILES string of the molecule is Cc1ccc(-c2cccc3[nH]c(-c4n[nH]c5cnc(-c6cncc(NC(O)c7ccccc7)c6)cc45)nc23)s1. The van der Waals surface area contributed by atoms with Gasteiger partial charge in [-0.05, 0) is 37.3 Å². The zero-order chi connectivity index (χ0) is 26.3. The number of anilines is 1. The van der Waals surface area contributed by atoms with E-state index in [1.54, 1.807) is 29.9 Å². The summed E-state index contributed by atoms with van der Waals surface area (Å²) in [6, 6.07) is 23.8. The molecule has 5 aromatic heterocycles. The van der Waals surface area contributed by atoms with E-state index in [-0.39, 0.29) is 0 Å². The van der Waals surface area contributed by atoms with Crippen LogP contribution in [-0.2, 0) is 0 Å². The number of nitrogens with one attached hydrogen (secondary N) is 3. The number of aromatic nitrogens is 6. The van der Waals surface area contributed by atoms with Gasteiger partial charge in [0.2, 0.25) is 0 Å². The molecule has 190 valence electrons. The number of hydrogen-bond acceptors (Lipinski definition) is 7. The highest BCUT2D eigenvalue weighted by Gasteiger charge is 2.17. The first-order chi connectivity index (χ1) is 19.1. The summed E-state index contributed by atoms with van der Waals surface area (Å²) < 4.78 is 0. The largest absolute Gasteiger partial charge is 0.369 e. The number of aromatic amines is 2. The average molecular weight is 530 g/mol. The fourth-order valence-corrected chi connectivity index (χ4v) is 5.61. The zero-order valence-electron chi connectivity index (χ0n) is 20.9. The van der Waals surface area contributed by atoms with Crippen LogP contribution in [0.5, 0.6) is 0 Å². The van der Waals surface area contributed by atoms with E-state index in [9.17, 15) is 5.11 Å². The Labute approximate surface area is 227 Å². The molecule has 0 spiro atoms. The van der Waals surface area contributed by atoms with E-state index in [2.05, 4.69) is 55.6 Å². The molecule has 9 heteroatoms. The number of H-pyrrole nitrogens is 2. The van der Waals surface area contributed by atoms with Gasteiger partial charge in [-0.2, -0.15) is 5.10 Å². The molecule has 1 atom stereocenters. The molecule has 0 saturated carbocycles. The molecule has 0 saturated heterocycles. The van der Waals surface area contributed by atoms with E-state index in [1.807, 2.05) is 54.6 Å². The molecule has 2 aromatic carbocycles. The molecule has 0 aliphatic rings. The van der Waals surface area contributed by atoms with Crippen molar-refractivity contribution in [2.24, 2.45) is 0 Å². The molecule has 8 nitrogen and oxygen atoms in total. The van der Waals surface area contributed by atoms with Crippen molar-refractivity contribution in [1.29, 1.82) is 0 Å². The lowest BCUT2D eigenvalue weighted by molar-refractivity contribution is 0.208. The van der Waals surface area contributed by atoms with E-state index < -0.39 is 6.23 Å². The second-order valence-corrected chi connectivity index (χ2v) is 10.6. The van der Waals surface area contributed by atoms with Gasteiger partial charge in [-0.1, -0.05) is 42.5 Å². The van der Waals surface area contributed by atoms with Gasteiger partial charge in [0, 0.05) is 38.0 Å². The summed E-state index contributed by atoms with van der Waals surface area (Å²) in [5.41, 5.74) is 7.52. The van der Waals surface area contributed by atoms with Crippen LogP contribution in [-0.4, -0.2) is 35.2 Å². The lowest BCUT2D eigenvalue weighted by Gasteiger charge is -2.14. The molecule has 0 bridgehead atoms. The fourth-order valence-electron chi connectivity index (χ4n) is 4.71. The van der Waals surface area contributed by atoms with Gasteiger partial charge >= 0.3 is 0 Å². The number of rotatable bonds is 6. The van der Waals surface area contributed by atoms with E-state index >= 15 is 0 Å². The van der Waals surface area contributed by atoms with Gasteiger partial charge in [0.05, 0.1) is 40.3 Å². The number of pyridine rings is 2. The van der Waals surface area contributed by atoms with Gasteiger partial charge in [0.25, 0.3) is 0 Å². The predicted octanol–water partition coefficient (Wildman–Crippen LogP) is 6.70. The van der Waals surface area contributed by atoms with Crippen LogP contribution in [0, 0.1) is 6.92 Å². The molecule has 39 heavy (non-hydrogen) atoms. The number of hydrogen-bond donors (Lipinski definition) is 4. The summed E-state index contributed by atoms with van der Waals surface area (Å²) in [4.78, 5) is 19.9. The third-order valence-corrected chi connectivity index (χ3v) is 7.68. The van der Waals surface area contributed by atoms with Gasteiger partial charge in [-0.15, -0.1) is 11.3 Å². The number of benzene rings is 2. The summed E-state index contributed by atoms with van der Waals surface area (Å²) in [7, 11) is 0. The smallest absolute Gasteiger partial charge is 0.159 e. The molecule has 1 unspecified atom stereocenters. The van der Waals surface area contributed by atoms with Crippen molar-refractivity contribution in [3.05, 3.63) is 102 Å². The maximum atomic E-state index is 10.6. The predicted molar refractivity (Wildman–Crippen MR) is 155 cm³/mol. The Hall–Kier alpha value is -4.86. The summed E-state index contributed by atoms with van der Waals surface area (Å²) >= 11 is 1.76. The molecule has 4 N–H and O–H groups in total. The maximum absolute atomic E-state index is 10.6. The first kappa shape index (κ1) is 23.3. The number of thiophene rings is 1. The number of aryl methyl sites for hydroxylation is 1. The molecule has 0 radical (unpaired) electrons. The highest BCUT2D eigenvalue weighted by molar-refractivity contribution is 7.15. The molecule has 0 fully saturated rings. The van der Waals surface area contributed by atoms with E-state index in [0.29, 0.717) is 11.5 Å². The lowest BCUT2D eigenvalue weighted by atomic mass is 10.1. The summed E-state index contributed by atoms with van der Waals surface area (Å²) in [5.74, 6) is 0.689. The second kappa shape index (κ2) is 9.46. The summed E-state index contributed by atoms with van der Waals surface area (Å²) in [6.07, 6.45) is 4.35. The van der Waals surface area contributed by atoms with Crippen molar-refractivity contribution in [3.8, 4) is 33.2 Å². The average Bonchev–Trinajstić information content (AvgIpc) is 3.71. The normalized spacial score (nSPS) is 12.3. The van der Waals surface area contributed by atoms with Crippen LogP contribution in [0.2, 0.25) is 0 Å². The Morgan fingerprint density at radius 1 is 0.923 bits per heavy atom. The first-order valence-electron chi connectivity index (χ1n) is 12.5. The topological polar surface area (TPSA) is 115 Å². The molecular formula is C30H23N7OS. The quantitative estimate of drug-likeness (QED) is 0.178. The van der Waals surface area contributed by atoms with Crippen LogP contribution in [0.1, 0.15) is 16.7 Å². The molecule has 0 aliphatic heterocycles. The zero-order valence-corrected chi connectivity index (χ0v) is 21.7. The summed E-state index contributed by atoms with van der Waals surface area (Å²) in [5, 5.41) is 22.3. The van der Waals surface area contributed by atoms with Gasteiger partial charge in [0.15, 0.2) is 12.1 Å². The molecule has 7 aromatic rings. The number of imidazole rings is 1. The van der Waals surface area contributed by atoms with Gasteiger partial charge in [-0.3, -0.25) is 15.1 Å². The minimum Gasteiger partial charge on any atom is -0.369 e. The minimum atomic E-state index is -0.852. The highest BCUT2D eigenvalue weighted by Crippen LogP contribution is 2.35. The van der Waals surface area contributed by atoms with Crippen LogP contribution in [0.3, 0.4) is 0 Å². The van der Waals surface area contributed by atoms with Crippen LogP contribution in [0.25, 0.3) is 55.2 Å². The molecular weight excluding hydrogens is 506 g/mol. The molecule has 0 aliphatic carbocycles. The molecule has 5 heterocycles. The number of aliphatic hydroxyl groups excluding tert-OH is 1. The maximum Gasteiger partial charge on any atom is 0.159 e. The highest BCUT2D eigenvalue weighted by atomic mass is 32.1. The van der Waals surface area contributed by atoms with Crippen molar-refractivity contribution in [3.63, 3.8) is 0 Å². The fraction of sp³-hybridized carbons (Fsp3) is 0.0667. The van der Waals surface area contributed by atoms with E-state index in [1.165, 1.54) is 9.75 Å². The Bertz CT molecular complexity index is 1940. The van der Waals surface area contributed by atoms with Crippen LogP contribution < -0.4 is 5.32 Å². The van der Waals surface area contributed by atoms with Gasteiger partial charge < -0.3 is 15.4 Å². The number of aliphatic hydroxyl groups is 1. The van der Waals surface area contributed by atoms with Crippen molar-refractivity contribution < 1.29 is 5.11 Å². The van der Waals surface area contributed by atoms with Gasteiger partial charge in [0.1, 0.15) is 5.69 Å². The van der Waals surface area contributed by atoms with Crippen molar-refractivity contribution >= 4 is 39.0 Å². The minimum absolute atomic E-state index is 0.687. The summed E-state index contributed by atoms with van der Waals surface area (Å²) in [6.45, 7) is 2.11. The van der Waals surface area contributed by atoms with Crippen molar-refractivity contribution in [1.82, 2.24) is 30.1 Å². The second-order valence-electron chi connectivity index (χ2n) is 9.30. The molecule has 7 rings (SSSR count). The van der Waals surface area contributed by atoms with Crippen LogP contribution >= 0.6 is 11.3 Å². The Kier molecular flexibility index (Phi) is 5.65. The van der Waals surface area contributed by atoms with E-state index in [0.717, 1.165) is 50.0 Å². The van der Waals surface area contributed by atoms with Crippen molar-refractivity contribution in [2.45, 2.75) is 13.2 Å². The first-order valence-corrected chi connectivity index (χ1v) is 13.3. The van der Waals surface area contributed by atoms with Crippen LogP contribution in [0.15, 0.2) is 91.4 Å². The number of fused-ring (bicyclic) bond motifs is 2. The third kappa shape index (κ3) is 4.33.